The lowest BCUT2D eigenvalue weighted by Gasteiger charge is -2.26. The number of rotatable bonds is 6. The van der Waals surface area contributed by atoms with Crippen LogP contribution in [-0.4, -0.2) is 50.6 Å². The van der Waals surface area contributed by atoms with Gasteiger partial charge in [0.2, 0.25) is 5.16 Å². The Hall–Kier alpha value is -2.88. The molecule has 2 amide bonds. The summed E-state index contributed by atoms with van der Waals surface area (Å²) in [4.78, 5) is 24.0. The zero-order valence-corrected chi connectivity index (χ0v) is 15.1. The van der Waals surface area contributed by atoms with E-state index >= 15 is 0 Å². The summed E-state index contributed by atoms with van der Waals surface area (Å²) in [5, 5.41) is 17.6. The molecule has 2 aromatic rings. The van der Waals surface area contributed by atoms with Crippen LogP contribution in [0.5, 0.6) is 0 Å². The quantitative estimate of drug-likeness (QED) is 0.578. The first-order chi connectivity index (χ1) is 12.6. The number of carbonyl (C=O) groups excluding carboxylic acids is 2. The lowest BCUT2D eigenvalue weighted by Crippen LogP contribution is -2.49. The number of para-hydroxylation sites is 1. The van der Waals surface area contributed by atoms with Crippen LogP contribution in [0.3, 0.4) is 0 Å². The molecule has 3 rings (SSSR count). The summed E-state index contributed by atoms with van der Waals surface area (Å²) >= 11 is 1.32. The highest BCUT2D eigenvalue weighted by molar-refractivity contribution is 7.99. The second-order valence-electron chi connectivity index (χ2n) is 5.43. The number of thioether (sulfide) groups is 1. The number of nitrogens with zero attached hydrogens (tertiary/aromatic N) is 4. The van der Waals surface area contributed by atoms with Gasteiger partial charge in [-0.25, -0.2) is 9.59 Å². The van der Waals surface area contributed by atoms with Crippen LogP contribution in [-0.2, 0) is 9.53 Å². The molecule has 26 heavy (non-hydrogen) atoms. The molecular formula is C16H18N6O3S. The molecule has 9 nitrogen and oxygen atoms in total. The second-order valence-corrected chi connectivity index (χ2v) is 6.37. The number of amides is 2. The van der Waals surface area contributed by atoms with Crippen LogP contribution < -0.4 is 10.6 Å². The van der Waals surface area contributed by atoms with E-state index < -0.39 is 12.0 Å². The Morgan fingerprint density at radius 3 is 2.85 bits per heavy atom. The number of hydrogen-bond acceptors (Lipinski definition) is 7. The summed E-state index contributed by atoms with van der Waals surface area (Å²) in [7, 11) is 0. The van der Waals surface area contributed by atoms with E-state index in [1.165, 1.54) is 11.8 Å². The topological polar surface area (TPSA) is 111 Å². The van der Waals surface area contributed by atoms with Crippen molar-refractivity contribution < 1.29 is 14.3 Å². The molecule has 1 aliphatic heterocycles. The fourth-order valence-electron chi connectivity index (χ4n) is 2.53. The van der Waals surface area contributed by atoms with Crippen molar-refractivity contribution >= 4 is 23.8 Å². The number of benzene rings is 1. The van der Waals surface area contributed by atoms with Crippen LogP contribution >= 0.6 is 11.8 Å². The lowest BCUT2D eigenvalue weighted by molar-refractivity contribution is -0.138. The molecule has 1 aromatic carbocycles. The van der Waals surface area contributed by atoms with Crippen molar-refractivity contribution in [1.29, 1.82) is 0 Å². The molecule has 0 aliphatic carbocycles. The minimum absolute atomic E-state index is 0.260. The van der Waals surface area contributed by atoms with Crippen molar-refractivity contribution in [2.45, 2.75) is 25.0 Å². The summed E-state index contributed by atoms with van der Waals surface area (Å²) in [5.41, 5.74) is 1.72. The SMILES string of the molecule is CCOC(=O)C1=C(CSc2nnnn2-c2ccccc2)NC(=O)N[C@H]1C. The maximum Gasteiger partial charge on any atom is 0.337 e. The Bertz CT molecular complexity index is 836. The molecule has 0 radical (unpaired) electrons. The summed E-state index contributed by atoms with van der Waals surface area (Å²) in [5.74, 6) is -0.134. The Balaban J connectivity index is 1.83. The smallest absolute Gasteiger partial charge is 0.337 e. The second kappa shape index (κ2) is 8.00. The van der Waals surface area contributed by atoms with E-state index in [-0.39, 0.29) is 12.6 Å². The number of aromatic nitrogens is 4. The molecule has 1 aromatic heterocycles. The standard InChI is InChI=1S/C16H18N6O3S/c1-3-25-14(23)13-10(2)17-15(24)18-12(13)9-26-16-19-20-21-22(16)11-7-5-4-6-8-11/h4-8,10H,3,9H2,1-2H3,(H2,17,18,24)/t10-/m0/s1. The molecular weight excluding hydrogens is 356 g/mol. The molecule has 0 saturated heterocycles. The fraction of sp³-hybridized carbons (Fsp3) is 0.312. The molecule has 0 spiro atoms. The van der Waals surface area contributed by atoms with Crippen LogP contribution in [0, 0.1) is 0 Å². The Morgan fingerprint density at radius 2 is 2.12 bits per heavy atom. The minimum atomic E-state index is -0.453. The Kier molecular flexibility index (Phi) is 5.52. The van der Waals surface area contributed by atoms with Gasteiger partial charge >= 0.3 is 12.0 Å². The molecule has 2 heterocycles. The van der Waals surface area contributed by atoms with Gasteiger partial charge in [0, 0.05) is 11.4 Å². The number of nitrogens with one attached hydrogen (secondary N) is 2. The monoisotopic (exact) mass is 374 g/mol. The highest BCUT2D eigenvalue weighted by Gasteiger charge is 2.29. The molecule has 0 fully saturated rings. The number of urea groups is 1. The maximum atomic E-state index is 12.2. The zero-order chi connectivity index (χ0) is 18.5. The van der Waals surface area contributed by atoms with Gasteiger partial charge < -0.3 is 15.4 Å². The molecule has 10 heteroatoms. The van der Waals surface area contributed by atoms with Crippen LogP contribution in [0.2, 0.25) is 0 Å². The van der Waals surface area contributed by atoms with E-state index in [2.05, 4.69) is 26.2 Å². The number of esters is 1. The van der Waals surface area contributed by atoms with Gasteiger partial charge in [-0.3, -0.25) is 0 Å². The highest BCUT2D eigenvalue weighted by atomic mass is 32.2. The first-order valence-electron chi connectivity index (χ1n) is 8.04. The van der Waals surface area contributed by atoms with Gasteiger partial charge in [-0.1, -0.05) is 30.0 Å². The van der Waals surface area contributed by atoms with Gasteiger partial charge in [-0.2, -0.15) is 4.68 Å². The average Bonchev–Trinajstić information content (AvgIpc) is 3.09. The maximum absolute atomic E-state index is 12.2. The summed E-state index contributed by atoms with van der Waals surface area (Å²) in [6.45, 7) is 3.74. The van der Waals surface area contributed by atoms with Crippen molar-refractivity contribution in [2.24, 2.45) is 0 Å². The molecule has 1 aliphatic rings. The van der Waals surface area contributed by atoms with Crippen LogP contribution in [0.15, 0.2) is 46.8 Å². The van der Waals surface area contributed by atoms with Crippen molar-refractivity contribution in [1.82, 2.24) is 30.8 Å². The Morgan fingerprint density at radius 1 is 1.35 bits per heavy atom. The highest BCUT2D eigenvalue weighted by Crippen LogP contribution is 2.23. The molecule has 0 saturated carbocycles. The first-order valence-corrected chi connectivity index (χ1v) is 9.03. The third kappa shape index (κ3) is 3.85. The van der Waals surface area contributed by atoms with Crippen molar-refractivity contribution in [3.05, 3.63) is 41.6 Å². The van der Waals surface area contributed by atoms with E-state index in [4.69, 9.17) is 4.74 Å². The third-order valence-corrected chi connectivity index (χ3v) is 4.60. The fourth-order valence-corrected chi connectivity index (χ4v) is 3.39. The largest absolute Gasteiger partial charge is 0.463 e. The van der Waals surface area contributed by atoms with Gasteiger partial charge in [0.05, 0.1) is 23.9 Å². The molecule has 2 N–H and O–H groups in total. The molecule has 136 valence electrons. The van der Waals surface area contributed by atoms with Gasteiger partial charge in [-0.05, 0) is 36.4 Å². The van der Waals surface area contributed by atoms with Crippen LogP contribution in [0.1, 0.15) is 13.8 Å². The molecule has 1 atom stereocenters. The normalized spacial score (nSPS) is 16.8. The third-order valence-electron chi connectivity index (χ3n) is 3.65. The summed E-state index contributed by atoms with van der Waals surface area (Å²) in [6.07, 6.45) is 0. The van der Waals surface area contributed by atoms with Gasteiger partial charge in [0.25, 0.3) is 0 Å². The zero-order valence-electron chi connectivity index (χ0n) is 14.3. The first kappa shape index (κ1) is 17.9. The van der Waals surface area contributed by atoms with Gasteiger partial charge in [-0.15, -0.1) is 5.10 Å². The number of tetrazole rings is 1. The van der Waals surface area contributed by atoms with E-state index in [0.29, 0.717) is 22.2 Å². The van der Waals surface area contributed by atoms with Crippen LogP contribution in [0.4, 0.5) is 4.79 Å². The average molecular weight is 374 g/mol. The number of hydrogen-bond donors (Lipinski definition) is 2. The van der Waals surface area contributed by atoms with Crippen molar-refractivity contribution in [2.75, 3.05) is 12.4 Å². The minimum Gasteiger partial charge on any atom is -0.463 e. The van der Waals surface area contributed by atoms with E-state index in [0.717, 1.165) is 5.69 Å². The van der Waals surface area contributed by atoms with Crippen molar-refractivity contribution in [3.8, 4) is 5.69 Å². The van der Waals surface area contributed by atoms with E-state index in [9.17, 15) is 9.59 Å². The van der Waals surface area contributed by atoms with Gasteiger partial charge in [0.15, 0.2) is 0 Å². The summed E-state index contributed by atoms with van der Waals surface area (Å²) < 4.78 is 6.70. The lowest BCUT2D eigenvalue weighted by atomic mass is 10.1. The molecule has 0 unspecified atom stereocenters. The predicted octanol–water partition coefficient (Wildman–Crippen LogP) is 1.27. The van der Waals surface area contributed by atoms with E-state index in [1.54, 1.807) is 18.5 Å². The van der Waals surface area contributed by atoms with E-state index in [1.807, 2.05) is 30.3 Å². The van der Waals surface area contributed by atoms with Gasteiger partial charge in [0.1, 0.15) is 0 Å². The number of carbonyl (C=O) groups is 2. The Labute approximate surface area is 154 Å². The molecule has 0 bridgehead atoms. The van der Waals surface area contributed by atoms with Crippen molar-refractivity contribution in [3.63, 3.8) is 0 Å². The number of ether oxygens (including phenoxy) is 1. The summed E-state index contributed by atoms with van der Waals surface area (Å²) in [6, 6.07) is 8.66. The van der Waals surface area contributed by atoms with Crippen LogP contribution in [0.25, 0.3) is 5.69 Å². The predicted molar refractivity (Wildman–Crippen MR) is 94.7 cm³/mol.